The molecular weight excluding hydrogens is 453 g/mol. The Hall–Kier alpha value is -2.03. The van der Waals surface area contributed by atoms with E-state index >= 15 is 0 Å². The molecule has 2 rings (SSSR count). The van der Waals surface area contributed by atoms with Gasteiger partial charge in [0, 0.05) is 45.5 Å². The summed E-state index contributed by atoms with van der Waals surface area (Å²) in [7, 11) is 4.04. The zero-order valence-electron chi connectivity index (χ0n) is 16.3. The molecule has 0 unspecified atom stereocenters. The summed E-state index contributed by atoms with van der Waals surface area (Å²) in [5.74, 6) is 0.822. The highest BCUT2D eigenvalue weighted by atomic mass is 127. The number of nitrogens with one attached hydrogen (secondary N) is 2. The van der Waals surface area contributed by atoms with Gasteiger partial charge in [0.1, 0.15) is 0 Å². The normalized spacial score (nSPS) is 10.9. The van der Waals surface area contributed by atoms with E-state index in [9.17, 15) is 4.79 Å². The van der Waals surface area contributed by atoms with Crippen molar-refractivity contribution < 1.29 is 4.79 Å². The quantitative estimate of drug-likeness (QED) is 0.345. The number of aromatic nitrogens is 1. The highest BCUT2D eigenvalue weighted by molar-refractivity contribution is 14.0. The zero-order chi connectivity index (χ0) is 18.8. The molecule has 0 saturated heterocycles. The lowest BCUT2D eigenvalue weighted by atomic mass is 10.2. The van der Waals surface area contributed by atoms with Crippen LogP contribution in [0, 0.1) is 0 Å². The summed E-state index contributed by atoms with van der Waals surface area (Å²) < 4.78 is 2.09. The molecule has 0 saturated carbocycles. The summed E-state index contributed by atoms with van der Waals surface area (Å²) in [4.78, 5) is 18.7. The first kappa shape index (κ1) is 23.0. The third kappa shape index (κ3) is 8.03. The predicted octanol–water partition coefficient (Wildman–Crippen LogP) is 2.75. The number of guanidine groups is 1. The number of aryl methyl sites for hydroxylation is 1. The van der Waals surface area contributed by atoms with Crippen molar-refractivity contribution in [3.8, 4) is 0 Å². The molecule has 7 heteroatoms. The Morgan fingerprint density at radius 1 is 1.15 bits per heavy atom. The molecule has 6 nitrogen and oxygen atoms in total. The largest absolute Gasteiger partial charge is 0.357 e. The fraction of sp³-hybridized carbons (Fsp3) is 0.400. The maximum atomic E-state index is 12.0. The Bertz CT molecular complexity index is 714. The average molecular weight is 483 g/mol. The first-order valence-electron chi connectivity index (χ1n) is 9.00. The Kier molecular flexibility index (Phi) is 10.5. The van der Waals surface area contributed by atoms with Crippen molar-refractivity contribution in [2.75, 3.05) is 20.1 Å². The van der Waals surface area contributed by atoms with Gasteiger partial charge in [-0.15, -0.1) is 24.0 Å². The topological polar surface area (TPSA) is 61.7 Å². The van der Waals surface area contributed by atoms with Crippen LogP contribution in [0.2, 0.25) is 0 Å². The summed E-state index contributed by atoms with van der Waals surface area (Å²) in [5.41, 5.74) is 2.30. The van der Waals surface area contributed by atoms with Crippen molar-refractivity contribution in [2.24, 2.45) is 12.0 Å². The standard InChI is InChI=1S/C20H29N5O.HI/c1-4-21-20(25(3)16-18-11-8-14-24(18)2)22-13-12-19(26)23-15-17-9-6-5-7-10-17;/h5-11,14H,4,12-13,15-16H2,1-3H3,(H,21,22)(H,23,26);1H. The van der Waals surface area contributed by atoms with Gasteiger partial charge in [-0.1, -0.05) is 30.3 Å². The molecule has 27 heavy (non-hydrogen) atoms. The number of rotatable bonds is 8. The van der Waals surface area contributed by atoms with Crippen LogP contribution in [0.25, 0.3) is 0 Å². The van der Waals surface area contributed by atoms with Gasteiger partial charge < -0.3 is 20.1 Å². The summed E-state index contributed by atoms with van der Waals surface area (Å²) in [6.45, 7) is 4.60. The van der Waals surface area contributed by atoms with Crippen LogP contribution in [-0.2, 0) is 24.9 Å². The van der Waals surface area contributed by atoms with Gasteiger partial charge in [-0.2, -0.15) is 0 Å². The van der Waals surface area contributed by atoms with Crippen LogP contribution >= 0.6 is 24.0 Å². The van der Waals surface area contributed by atoms with E-state index < -0.39 is 0 Å². The minimum Gasteiger partial charge on any atom is -0.357 e. The van der Waals surface area contributed by atoms with E-state index in [-0.39, 0.29) is 29.9 Å². The first-order chi connectivity index (χ1) is 12.6. The van der Waals surface area contributed by atoms with Crippen LogP contribution in [0.4, 0.5) is 0 Å². The van der Waals surface area contributed by atoms with Crippen molar-refractivity contribution in [1.29, 1.82) is 0 Å². The third-order valence-electron chi connectivity index (χ3n) is 4.08. The van der Waals surface area contributed by atoms with Crippen LogP contribution < -0.4 is 10.6 Å². The van der Waals surface area contributed by atoms with Gasteiger partial charge in [0.2, 0.25) is 5.91 Å². The molecule has 0 bridgehead atoms. The summed E-state index contributed by atoms with van der Waals surface area (Å²) in [6, 6.07) is 14.0. The van der Waals surface area contributed by atoms with E-state index in [1.807, 2.05) is 63.6 Å². The Morgan fingerprint density at radius 2 is 1.89 bits per heavy atom. The van der Waals surface area contributed by atoms with Gasteiger partial charge in [0.15, 0.2) is 5.96 Å². The lowest BCUT2D eigenvalue weighted by molar-refractivity contribution is -0.121. The molecule has 0 aliphatic rings. The Morgan fingerprint density at radius 3 is 2.52 bits per heavy atom. The van der Waals surface area contributed by atoms with E-state index in [1.165, 1.54) is 5.69 Å². The summed E-state index contributed by atoms with van der Waals surface area (Å²) in [6.07, 6.45) is 2.41. The van der Waals surface area contributed by atoms with Crippen LogP contribution in [-0.4, -0.2) is 41.5 Å². The molecule has 0 spiro atoms. The second kappa shape index (κ2) is 12.4. The molecule has 2 aromatic rings. The monoisotopic (exact) mass is 483 g/mol. The van der Waals surface area contributed by atoms with Crippen molar-refractivity contribution >= 4 is 35.8 Å². The number of hydrogen-bond donors (Lipinski definition) is 2. The molecule has 2 N–H and O–H groups in total. The average Bonchev–Trinajstić information content (AvgIpc) is 3.04. The number of amides is 1. The maximum absolute atomic E-state index is 12.0. The Balaban J connectivity index is 0.00000364. The second-order valence-corrected chi connectivity index (χ2v) is 6.21. The maximum Gasteiger partial charge on any atom is 0.222 e. The SMILES string of the molecule is CCNC(=NCCC(=O)NCc1ccccc1)N(C)Cc1cccn1C.I. The van der Waals surface area contributed by atoms with Gasteiger partial charge in [0.05, 0.1) is 13.1 Å². The minimum atomic E-state index is 0. The second-order valence-electron chi connectivity index (χ2n) is 6.21. The van der Waals surface area contributed by atoms with Gasteiger partial charge >= 0.3 is 0 Å². The lowest BCUT2D eigenvalue weighted by Crippen LogP contribution is -2.39. The van der Waals surface area contributed by atoms with Gasteiger partial charge in [-0.05, 0) is 24.6 Å². The predicted molar refractivity (Wildman–Crippen MR) is 121 cm³/mol. The molecule has 0 atom stereocenters. The molecule has 1 aromatic carbocycles. The van der Waals surface area contributed by atoms with Gasteiger partial charge in [0.25, 0.3) is 0 Å². The number of carbonyl (C=O) groups excluding carboxylic acids is 1. The number of carbonyl (C=O) groups is 1. The van der Waals surface area contributed by atoms with Crippen LogP contribution in [0.15, 0.2) is 53.7 Å². The Labute approximate surface area is 179 Å². The number of hydrogen-bond acceptors (Lipinski definition) is 2. The molecule has 0 radical (unpaired) electrons. The van der Waals surface area contributed by atoms with Crippen LogP contribution in [0.3, 0.4) is 0 Å². The molecule has 1 heterocycles. The fourth-order valence-electron chi connectivity index (χ4n) is 2.60. The summed E-state index contributed by atoms with van der Waals surface area (Å²) >= 11 is 0. The number of nitrogens with zero attached hydrogens (tertiary/aromatic N) is 3. The van der Waals surface area contributed by atoms with Crippen LogP contribution in [0.5, 0.6) is 0 Å². The summed E-state index contributed by atoms with van der Waals surface area (Å²) in [5, 5.41) is 6.21. The minimum absolute atomic E-state index is 0. The molecule has 0 aliphatic heterocycles. The van der Waals surface area contributed by atoms with Gasteiger partial charge in [-0.3, -0.25) is 9.79 Å². The molecule has 1 amide bonds. The highest BCUT2D eigenvalue weighted by Gasteiger charge is 2.08. The van der Waals surface area contributed by atoms with Gasteiger partial charge in [-0.25, -0.2) is 0 Å². The highest BCUT2D eigenvalue weighted by Crippen LogP contribution is 2.04. The molecule has 0 aliphatic carbocycles. The smallest absolute Gasteiger partial charge is 0.222 e. The van der Waals surface area contributed by atoms with E-state index in [0.29, 0.717) is 19.5 Å². The van der Waals surface area contributed by atoms with E-state index in [4.69, 9.17) is 0 Å². The van der Waals surface area contributed by atoms with E-state index in [1.54, 1.807) is 0 Å². The lowest BCUT2D eigenvalue weighted by Gasteiger charge is -2.22. The fourth-order valence-corrected chi connectivity index (χ4v) is 2.60. The van der Waals surface area contributed by atoms with Crippen molar-refractivity contribution in [3.63, 3.8) is 0 Å². The van der Waals surface area contributed by atoms with E-state index in [0.717, 1.165) is 24.6 Å². The molecule has 1 aromatic heterocycles. The molecule has 148 valence electrons. The van der Waals surface area contributed by atoms with E-state index in [2.05, 4.69) is 31.2 Å². The van der Waals surface area contributed by atoms with Crippen molar-refractivity contribution in [1.82, 2.24) is 20.1 Å². The first-order valence-corrected chi connectivity index (χ1v) is 9.00. The zero-order valence-corrected chi connectivity index (χ0v) is 18.6. The van der Waals surface area contributed by atoms with Crippen molar-refractivity contribution in [3.05, 3.63) is 59.9 Å². The molecule has 0 fully saturated rings. The van der Waals surface area contributed by atoms with Crippen molar-refractivity contribution in [2.45, 2.75) is 26.4 Å². The number of aliphatic imine (C=N–C) groups is 1. The molecular formula is C20H30IN5O. The number of benzene rings is 1. The van der Waals surface area contributed by atoms with Crippen LogP contribution in [0.1, 0.15) is 24.6 Å². The number of halogens is 1. The third-order valence-corrected chi connectivity index (χ3v) is 4.08.